The summed E-state index contributed by atoms with van der Waals surface area (Å²) in [4.78, 5) is 53.2. The van der Waals surface area contributed by atoms with E-state index in [9.17, 15) is 19.2 Å². The summed E-state index contributed by atoms with van der Waals surface area (Å²) in [7, 11) is 2.77. The summed E-state index contributed by atoms with van der Waals surface area (Å²) >= 11 is 0. The third-order valence-electron chi connectivity index (χ3n) is 4.96. The van der Waals surface area contributed by atoms with Crippen LogP contribution >= 0.6 is 0 Å². The summed E-state index contributed by atoms with van der Waals surface area (Å²) in [5, 5.41) is 5.39. The molecule has 11 heteroatoms. The number of nitrogens with one attached hydrogen (secondary N) is 2. The topological polar surface area (TPSA) is 137 Å². The molecule has 0 bridgehead atoms. The van der Waals surface area contributed by atoms with Crippen LogP contribution in [0.5, 0.6) is 0 Å². The van der Waals surface area contributed by atoms with Crippen molar-refractivity contribution in [2.75, 3.05) is 46.9 Å². The van der Waals surface area contributed by atoms with Gasteiger partial charge in [0.05, 0.1) is 18.8 Å². The Kier molecular flexibility index (Phi) is 7.07. The van der Waals surface area contributed by atoms with E-state index in [4.69, 9.17) is 5.73 Å². The van der Waals surface area contributed by atoms with Gasteiger partial charge >= 0.3 is 12.1 Å². The van der Waals surface area contributed by atoms with E-state index in [0.717, 1.165) is 4.90 Å². The predicted octanol–water partition coefficient (Wildman–Crippen LogP) is -1.14. The number of rotatable bonds is 6. The number of likely N-dealkylation sites (tertiary alicyclic amines) is 1. The van der Waals surface area contributed by atoms with Gasteiger partial charge in [0.15, 0.2) is 0 Å². The summed E-state index contributed by atoms with van der Waals surface area (Å²) in [5.41, 5.74) is 5.43. The minimum absolute atomic E-state index is 0.269. The van der Waals surface area contributed by atoms with E-state index in [-0.39, 0.29) is 24.9 Å². The Bertz CT molecular complexity index is 646. The van der Waals surface area contributed by atoms with Crippen molar-refractivity contribution in [3.63, 3.8) is 0 Å². The number of imide groups is 1. The summed E-state index contributed by atoms with van der Waals surface area (Å²) in [5.74, 6) is -0.943. The van der Waals surface area contributed by atoms with Gasteiger partial charge in [0.1, 0.15) is 6.04 Å². The zero-order chi connectivity index (χ0) is 20.8. The van der Waals surface area contributed by atoms with E-state index in [1.165, 1.54) is 24.0 Å². The van der Waals surface area contributed by atoms with Gasteiger partial charge in [0.2, 0.25) is 11.8 Å². The van der Waals surface area contributed by atoms with E-state index < -0.39 is 24.1 Å². The van der Waals surface area contributed by atoms with E-state index in [1.54, 1.807) is 0 Å². The SMILES string of the molecule is C=C(N)NCCC[C@H]1C(=O)N(C(=O)N2CCN(C(=O)OC)CC2)C1C(=O)NC. The molecule has 0 spiro atoms. The summed E-state index contributed by atoms with van der Waals surface area (Å²) < 4.78 is 4.67. The number of piperazine rings is 1. The molecule has 1 unspecified atom stereocenters. The largest absolute Gasteiger partial charge is 0.453 e. The molecule has 0 aromatic carbocycles. The van der Waals surface area contributed by atoms with Crippen LogP contribution in [0, 0.1) is 5.92 Å². The third kappa shape index (κ3) is 4.46. The average molecular weight is 396 g/mol. The number of β-lactam (4-membered cyclic amide) rings is 1. The first kappa shape index (κ1) is 21.3. The fraction of sp³-hybridized carbons (Fsp3) is 0.647. The first-order valence-corrected chi connectivity index (χ1v) is 9.16. The number of hydrogen-bond acceptors (Lipinski definition) is 7. The highest BCUT2D eigenvalue weighted by atomic mass is 16.5. The Hall–Kier alpha value is -2.98. The minimum Gasteiger partial charge on any atom is -0.453 e. The van der Waals surface area contributed by atoms with Gasteiger partial charge in [-0.3, -0.25) is 14.5 Å². The molecule has 5 amide bonds. The first-order chi connectivity index (χ1) is 13.3. The summed E-state index contributed by atoms with van der Waals surface area (Å²) in [6, 6.07) is -1.34. The molecule has 0 aromatic rings. The molecule has 2 rings (SSSR count). The summed E-state index contributed by atoms with van der Waals surface area (Å²) in [6.07, 6.45) is 0.612. The number of likely N-dealkylation sites (N-methyl/N-ethyl adjacent to an activating group) is 1. The quantitative estimate of drug-likeness (QED) is 0.381. The maximum atomic E-state index is 12.8. The second-order valence-corrected chi connectivity index (χ2v) is 6.69. The van der Waals surface area contributed by atoms with Crippen molar-refractivity contribution in [1.29, 1.82) is 0 Å². The van der Waals surface area contributed by atoms with Crippen LogP contribution in [0.2, 0.25) is 0 Å². The Morgan fingerprint density at radius 1 is 1.21 bits per heavy atom. The maximum Gasteiger partial charge on any atom is 0.409 e. The number of hydrogen-bond donors (Lipinski definition) is 3. The molecule has 2 saturated heterocycles. The van der Waals surface area contributed by atoms with Crippen LogP contribution in [0.15, 0.2) is 12.4 Å². The van der Waals surface area contributed by atoms with Crippen LogP contribution in [0.3, 0.4) is 0 Å². The normalized spacial score (nSPS) is 21.6. The summed E-state index contributed by atoms with van der Waals surface area (Å²) in [6.45, 7) is 5.22. The first-order valence-electron chi connectivity index (χ1n) is 9.16. The Morgan fingerprint density at radius 2 is 1.82 bits per heavy atom. The van der Waals surface area contributed by atoms with Gasteiger partial charge in [-0.1, -0.05) is 6.58 Å². The van der Waals surface area contributed by atoms with Crippen LogP contribution in [0.1, 0.15) is 12.8 Å². The lowest BCUT2D eigenvalue weighted by Crippen LogP contribution is -2.70. The second kappa shape index (κ2) is 9.29. The van der Waals surface area contributed by atoms with Crippen molar-refractivity contribution < 1.29 is 23.9 Å². The highest BCUT2D eigenvalue weighted by molar-refractivity contribution is 6.08. The molecular formula is C17H28N6O5. The van der Waals surface area contributed by atoms with Gasteiger partial charge in [-0.05, 0) is 12.8 Å². The van der Waals surface area contributed by atoms with Crippen molar-refractivity contribution in [3.05, 3.63) is 12.4 Å². The van der Waals surface area contributed by atoms with Crippen LogP contribution in [-0.2, 0) is 14.3 Å². The lowest BCUT2D eigenvalue weighted by Gasteiger charge is -2.47. The smallest absolute Gasteiger partial charge is 0.409 e. The van der Waals surface area contributed by atoms with Crippen LogP contribution < -0.4 is 16.4 Å². The van der Waals surface area contributed by atoms with Gasteiger partial charge < -0.3 is 30.9 Å². The molecule has 2 aliphatic heterocycles. The molecule has 0 aromatic heterocycles. The molecule has 0 aliphatic carbocycles. The van der Waals surface area contributed by atoms with Crippen molar-refractivity contribution >= 4 is 23.9 Å². The standard InChI is InChI=1S/C17H28N6O5/c1-11(18)20-6-4-5-12-13(14(24)19-2)23(15(12)25)16(26)21-7-9-22(10-8-21)17(27)28-3/h12-13,20H,1,4-10,18H2,2-3H3,(H,19,24)/t12-,13?/m1/s1. The molecular weight excluding hydrogens is 368 g/mol. The number of nitrogens with two attached hydrogens (primary N) is 1. The Balaban J connectivity index is 1.96. The van der Waals surface area contributed by atoms with Crippen LogP contribution in [0.4, 0.5) is 9.59 Å². The van der Waals surface area contributed by atoms with E-state index in [2.05, 4.69) is 21.9 Å². The van der Waals surface area contributed by atoms with Gasteiger partial charge in [-0.25, -0.2) is 9.59 Å². The van der Waals surface area contributed by atoms with Crippen LogP contribution in [0.25, 0.3) is 0 Å². The van der Waals surface area contributed by atoms with Gasteiger partial charge in [0.25, 0.3) is 0 Å². The van der Waals surface area contributed by atoms with Crippen LogP contribution in [-0.4, -0.2) is 91.6 Å². The number of amides is 5. The molecule has 0 radical (unpaired) electrons. The number of nitrogens with zero attached hydrogens (tertiary/aromatic N) is 3. The monoisotopic (exact) mass is 396 g/mol. The zero-order valence-corrected chi connectivity index (χ0v) is 16.3. The predicted molar refractivity (Wildman–Crippen MR) is 99.7 cm³/mol. The zero-order valence-electron chi connectivity index (χ0n) is 16.3. The molecule has 28 heavy (non-hydrogen) atoms. The highest BCUT2D eigenvalue weighted by Crippen LogP contribution is 2.32. The average Bonchev–Trinajstić information content (AvgIpc) is 2.69. The van der Waals surface area contributed by atoms with E-state index in [1.807, 2.05) is 0 Å². The molecule has 156 valence electrons. The minimum atomic E-state index is -0.829. The molecule has 11 nitrogen and oxygen atoms in total. The van der Waals surface area contributed by atoms with Gasteiger partial charge in [-0.15, -0.1) is 0 Å². The molecule has 4 N–H and O–H groups in total. The van der Waals surface area contributed by atoms with Gasteiger partial charge in [0, 0.05) is 39.8 Å². The number of carbonyl (C=O) groups excluding carboxylic acids is 4. The number of carbonyl (C=O) groups is 4. The highest BCUT2D eigenvalue weighted by Gasteiger charge is 2.54. The van der Waals surface area contributed by atoms with E-state index in [0.29, 0.717) is 38.3 Å². The lowest BCUT2D eigenvalue weighted by molar-refractivity contribution is -0.158. The second-order valence-electron chi connectivity index (χ2n) is 6.69. The van der Waals surface area contributed by atoms with Crippen molar-refractivity contribution in [1.82, 2.24) is 25.3 Å². The number of urea groups is 1. The number of ether oxygens (including phenoxy) is 1. The van der Waals surface area contributed by atoms with Crippen molar-refractivity contribution in [2.24, 2.45) is 11.7 Å². The maximum absolute atomic E-state index is 12.8. The fourth-order valence-corrected chi connectivity index (χ4v) is 3.42. The Labute approximate surface area is 163 Å². The van der Waals surface area contributed by atoms with E-state index >= 15 is 0 Å². The lowest BCUT2D eigenvalue weighted by atomic mass is 9.83. The fourth-order valence-electron chi connectivity index (χ4n) is 3.42. The Morgan fingerprint density at radius 3 is 2.36 bits per heavy atom. The van der Waals surface area contributed by atoms with Crippen molar-refractivity contribution in [3.8, 4) is 0 Å². The molecule has 0 saturated carbocycles. The molecule has 2 heterocycles. The third-order valence-corrected chi connectivity index (χ3v) is 4.96. The van der Waals surface area contributed by atoms with Crippen molar-refractivity contribution in [2.45, 2.75) is 18.9 Å². The number of methoxy groups -OCH3 is 1. The molecule has 2 fully saturated rings. The molecule has 2 aliphatic rings. The van der Waals surface area contributed by atoms with Gasteiger partial charge in [-0.2, -0.15) is 0 Å². The molecule has 2 atom stereocenters.